The average molecular weight is 196 g/mol. The third-order valence-electron chi connectivity index (χ3n) is 2.55. The molecule has 0 radical (unpaired) electrons. The first-order valence-electron chi connectivity index (χ1n) is 5.24. The zero-order chi connectivity index (χ0) is 10.6. The van der Waals surface area contributed by atoms with Gasteiger partial charge in [0.1, 0.15) is 5.76 Å². The minimum atomic E-state index is 0.277. The predicted octanol–water partition coefficient (Wildman–Crippen LogP) is 2.41. The van der Waals surface area contributed by atoms with Crippen molar-refractivity contribution in [3.8, 4) is 0 Å². The third-order valence-corrected chi connectivity index (χ3v) is 2.55. The molecule has 1 aromatic rings. The first-order chi connectivity index (χ1) is 6.72. The number of hydrogen-bond acceptors (Lipinski definition) is 3. The molecule has 0 saturated carbocycles. The van der Waals surface area contributed by atoms with Gasteiger partial charge in [0.05, 0.1) is 6.04 Å². The number of furan rings is 1. The lowest BCUT2D eigenvalue weighted by Gasteiger charge is -2.17. The van der Waals surface area contributed by atoms with E-state index in [-0.39, 0.29) is 6.04 Å². The Balaban J connectivity index is 2.76. The monoisotopic (exact) mass is 196 g/mol. The second-order valence-electron chi connectivity index (χ2n) is 3.36. The highest BCUT2D eigenvalue weighted by Gasteiger charge is 2.10. The Bertz CT molecular complexity index is 266. The van der Waals surface area contributed by atoms with Gasteiger partial charge < -0.3 is 14.6 Å². The first kappa shape index (κ1) is 11.1. The fraction of sp³-hybridized carbons (Fsp3) is 0.636. The van der Waals surface area contributed by atoms with Gasteiger partial charge in [-0.3, -0.25) is 0 Å². The number of nitrogens with one attached hydrogen (secondary N) is 1. The molecule has 0 fully saturated rings. The van der Waals surface area contributed by atoms with Crippen LogP contribution in [0.4, 0.5) is 5.88 Å². The SMILES string of the molecule is CCN(CC)c1ccc([C@@H](C)NC)o1. The third kappa shape index (κ3) is 2.29. The molecule has 1 N–H and O–H groups in total. The zero-order valence-corrected chi connectivity index (χ0v) is 9.50. The van der Waals surface area contributed by atoms with E-state index in [1.54, 1.807) is 0 Å². The Hall–Kier alpha value is -0.960. The van der Waals surface area contributed by atoms with E-state index in [1.807, 2.05) is 19.2 Å². The molecule has 14 heavy (non-hydrogen) atoms. The largest absolute Gasteiger partial charge is 0.444 e. The number of hydrogen-bond donors (Lipinski definition) is 1. The Morgan fingerprint density at radius 1 is 1.36 bits per heavy atom. The summed E-state index contributed by atoms with van der Waals surface area (Å²) in [7, 11) is 1.93. The van der Waals surface area contributed by atoms with Crippen molar-refractivity contribution in [2.45, 2.75) is 26.8 Å². The molecule has 0 spiro atoms. The average Bonchev–Trinajstić information content (AvgIpc) is 2.68. The summed E-state index contributed by atoms with van der Waals surface area (Å²) in [6, 6.07) is 4.35. The molecule has 80 valence electrons. The van der Waals surface area contributed by atoms with Crippen LogP contribution in [0, 0.1) is 0 Å². The molecule has 0 bridgehead atoms. The van der Waals surface area contributed by atoms with E-state index in [9.17, 15) is 0 Å². The second kappa shape index (κ2) is 5.05. The molecule has 3 heteroatoms. The Kier molecular flexibility index (Phi) is 4.01. The number of rotatable bonds is 5. The minimum absolute atomic E-state index is 0.277. The number of anilines is 1. The van der Waals surface area contributed by atoms with Gasteiger partial charge >= 0.3 is 0 Å². The van der Waals surface area contributed by atoms with Crippen LogP contribution in [0.15, 0.2) is 16.5 Å². The topological polar surface area (TPSA) is 28.4 Å². The molecule has 1 heterocycles. The predicted molar refractivity (Wildman–Crippen MR) is 59.7 cm³/mol. The van der Waals surface area contributed by atoms with Crippen molar-refractivity contribution < 1.29 is 4.42 Å². The summed E-state index contributed by atoms with van der Waals surface area (Å²) in [5.41, 5.74) is 0. The van der Waals surface area contributed by atoms with E-state index in [4.69, 9.17) is 4.42 Å². The first-order valence-corrected chi connectivity index (χ1v) is 5.24. The Morgan fingerprint density at radius 2 is 2.00 bits per heavy atom. The highest BCUT2D eigenvalue weighted by molar-refractivity contribution is 5.36. The smallest absolute Gasteiger partial charge is 0.195 e. The van der Waals surface area contributed by atoms with Crippen molar-refractivity contribution in [3.05, 3.63) is 17.9 Å². The van der Waals surface area contributed by atoms with Gasteiger partial charge in [0.25, 0.3) is 0 Å². The van der Waals surface area contributed by atoms with Crippen LogP contribution in [-0.4, -0.2) is 20.1 Å². The molecular weight excluding hydrogens is 176 g/mol. The van der Waals surface area contributed by atoms with E-state index in [2.05, 4.69) is 31.0 Å². The van der Waals surface area contributed by atoms with Gasteiger partial charge in [0, 0.05) is 19.2 Å². The van der Waals surface area contributed by atoms with E-state index >= 15 is 0 Å². The van der Waals surface area contributed by atoms with Gasteiger partial charge in [-0.2, -0.15) is 0 Å². The molecule has 1 aromatic heterocycles. The van der Waals surface area contributed by atoms with Crippen molar-refractivity contribution in [2.75, 3.05) is 25.0 Å². The van der Waals surface area contributed by atoms with Gasteiger partial charge in [-0.1, -0.05) is 0 Å². The van der Waals surface area contributed by atoms with E-state index in [0.29, 0.717) is 0 Å². The summed E-state index contributed by atoms with van der Waals surface area (Å²) in [6.07, 6.45) is 0. The standard InChI is InChI=1S/C11H20N2O/c1-5-13(6-2)11-8-7-10(14-11)9(3)12-4/h7-9,12H,5-6H2,1-4H3/t9-/m1/s1. The normalized spacial score (nSPS) is 12.9. The van der Waals surface area contributed by atoms with Crippen molar-refractivity contribution in [1.29, 1.82) is 0 Å². The zero-order valence-electron chi connectivity index (χ0n) is 9.50. The van der Waals surface area contributed by atoms with Crippen molar-refractivity contribution >= 4 is 5.88 Å². The van der Waals surface area contributed by atoms with Gasteiger partial charge in [-0.25, -0.2) is 0 Å². The van der Waals surface area contributed by atoms with E-state index in [1.165, 1.54) is 0 Å². The Labute approximate surface area is 86.1 Å². The quantitative estimate of drug-likeness (QED) is 0.784. The van der Waals surface area contributed by atoms with Gasteiger partial charge in [0.15, 0.2) is 5.88 Å². The van der Waals surface area contributed by atoms with Crippen LogP contribution in [0.1, 0.15) is 32.6 Å². The molecule has 1 rings (SSSR count). The fourth-order valence-electron chi connectivity index (χ4n) is 1.42. The van der Waals surface area contributed by atoms with Gasteiger partial charge in [-0.15, -0.1) is 0 Å². The highest BCUT2D eigenvalue weighted by atomic mass is 16.4. The molecule has 0 saturated heterocycles. The maximum absolute atomic E-state index is 5.74. The molecule has 0 aromatic carbocycles. The summed E-state index contributed by atoms with van der Waals surface area (Å²) < 4.78 is 5.74. The molecule has 0 amide bonds. The van der Waals surface area contributed by atoms with Crippen LogP contribution >= 0.6 is 0 Å². The van der Waals surface area contributed by atoms with Crippen molar-refractivity contribution in [1.82, 2.24) is 5.32 Å². The molecular formula is C11H20N2O. The maximum Gasteiger partial charge on any atom is 0.195 e. The lowest BCUT2D eigenvalue weighted by molar-refractivity contribution is 0.446. The van der Waals surface area contributed by atoms with Crippen LogP contribution < -0.4 is 10.2 Å². The summed E-state index contributed by atoms with van der Waals surface area (Å²) in [5.74, 6) is 1.96. The molecule has 0 unspecified atom stereocenters. The second-order valence-corrected chi connectivity index (χ2v) is 3.36. The van der Waals surface area contributed by atoms with E-state index in [0.717, 1.165) is 24.7 Å². The maximum atomic E-state index is 5.74. The molecule has 1 atom stereocenters. The minimum Gasteiger partial charge on any atom is -0.444 e. The van der Waals surface area contributed by atoms with Crippen LogP contribution in [0.2, 0.25) is 0 Å². The van der Waals surface area contributed by atoms with Crippen molar-refractivity contribution in [3.63, 3.8) is 0 Å². The summed E-state index contributed by atoms with van der Waals surface area (Å²) in [5, 5.41) is 3.16. The fourth-order valence-corrected chi connectivity index (χ4v) is 1.42. The summed E-state index contributed by atoms with van der Waals surface area (Å²) >= 11 is 0. The summed E-state index contributed by atoms with van der Waals surface area (Å²) in [4.78, 5) is 2.20. The van der Waals surface area contributed by atoms with Gasteiger partial charge in [0.2, 0.25) is 0 Å². The number of nitrogens with zero attached hydrogens (tertiary/aromatic N) is 1. The molecule has 0 aliphatic rings. The lowest BCUT2D eigenvalue weighted by Crippen LogP contribution is -2.21. The summed E-state index contributed by atoms with van der Waals surface area (Å²) in [6.45, 7) is 8.32. The van der Waals surface area contributed by atoms with Crippen LogP contribution in [-0.2, 0) is 0 Å². The van der Waals surface area contributed by atoms with Crippen molar-refractivity contribution in [2.24, 2.45) is 0 Å². The lowest BCUT2D eigenvalue weighted by atomic mass is 10.3. The molecule has 0 aliphatic carbocycles. The van der Waals surface area contributed by atoms with Crippen LogP contribution in [0.25, 0.3) is 0 Å². The molecule has 0 aliphatic heterocycles. The Morgan fingerprint density at radius 3 is 2.50 bits per heavy atom. The van der Waals surface area contributed by atoms with Crippen LogP contribution in [0.5, 0.6) is 0 Å². The van der Waals surface area contributed by atoms with Crippen LogP contribution in [0.3, 0.4) is 0 Å². The molecule has 3 nitrogen and oxygen atoms in total. The highest BCUT2D eigenvalue weighted by Crippen LogP contribution is 2.22. The van der Waals surface area contributed by atoms with Gasteiger partial charge in [-0.05, 0) is 33.9 Å². The van der Waals surface area contributed by atoms with E-state index < -0.39 is 0 Å².